The average molecular weight is 408 g/mol. The average Bonchev–Trinajstić information content (AvgIpc) is 3.24. The number of benzene rings is 1. The molecule has 1 aromatic carbocycles. The molecule has 0 aliphatic carbocycles. The molecule has 0 saturated carbocycles. The molecule has 0 aliphatic rings. The number of carbonyl (C=O) groups is 2. The summed E-state index contributed by atoms with van der Waals surface area (Å²) < 4.78 is 2.98. The van der Waals surface area contributed by atoms with Gasteiger partial charge in [-0.05, 0) is 23.8 Å². The fourth-order valence-corrected chi connectivity index (χ4v) is 2.91. The molecule has 27 heavy (non-hydrogen) atoms. The second-order valence-electron chi connectivity index (χ2n) is 5.70. The van der Waals surface area contributed by atoms with Crippen LogP contribution in [0.5, 0.6) is 0 Å². The van der Waals surface area contributed by atoms with Crippen molar-refractivity contribution in [1.82, 2.24) is 19.6 Å². The number of carbonyl (C=O) groups excluding carboxylic acids is 1. The highest BCUT2D eigenvalue weighted by Crippen LogP contribution is 2.22. The molecule has 0 bridgehead atoms. The molecule has 0 atom stereocenters. The van der Waals surface area contributed by atoms with Crippen LogP contribution in [-0.4, -0.2) is 36.5 Å². The summed E-state index contributed by atoms with van der Waals surface area (Å²) >= 11 is 12.0. The van der Waals surface area contributed by atoms with Gasteiger partial charge in [-0.25, -0.2) is 0 Å². The molecule has 0 aliphatic heterocycles. The Morgan fingerprint density at radius 3 is 2.74 bits per heavy atom. The van der Waals surface area contributed by atoms with Gasteiger partial charge in [0.1, 0.15) is 5.69 Å². The highest BCUT2D eigenvalue weighted by Gasteiger charge is 2.14. The molecule has 3 rings (SSSR count). The summed E-state index contributed by atoms with van der Waals surface area (Å²) in [5.41, 5.74) is 1.61. The van der Waals surface area contributed by atoms with Crippen molar-refractivity contribution in [3.8, 4) is 0 Å². The van der Waals surface area contributed by atoms with E-state index in [9.17, 15) is 9.59 Å². The normalized spacial score (nSPS) is 10.7. The van der Waals surface area contributed by atoms with E-state index in [1.165, 1.54) is 23.1 Å². The van der Waals surface area contributed by atoms with Gasteiger partial charge in [-0.1, -0.05) is 29.3 Å². The number of amides is 1. The molecule has 10 heteroatoms. The molecule has 0 radical (unpaired) electrons. The first-order valence-corrected chi connectivity index (χ1v) is 8.69. The quantitative estimate of drug-likeness (QED) is 0.625. The Morgan fingerprint density at radius 1 is 1.19 bits per heavy atom. The number of rotatable bonds is 7. The molecule has 0 spiro atoms. The lowest BCUT2D eigenvalue weighted by Gasteiger charge is -2.06. The van der Waals surface area contributed by atoms with E-state index in [0.29, 0.717) is 22.3 Å². The van der Waals surface area contributed by atoms with Gasteiger partial charge < -0.3 is 10.4 Å². The molecule has 2 heterocycles. The highest BCUT2D eigenvalue weighted by molar-refractivity contribution is 6.35. The molecular formula is C17H15Cl2N5O3. The Morgan fingerprint density at radius 2 is 2.00 bits per heavy atom. The van der Waals surface area contributed by atoms with Crippen LogP contribution in [0.2, 0.25) is 10.0 Å². The number of anilines is 1. The summed E-state index contributed by atoms with van der Waals surface area (Å²) in [6.45, 7) is 0.530. The number of carboxylic acids is 1. The molecule has 0 unspecified atom stereocenters. The van der Waals surface area contributed by atoms with E-state index in [1.54, 1.807) is 23.0 Å². The van der Waals surface area contributed by atoms with Gasteiger partial charge in [0.25, 0.3) is 5.91 Å². The summed E-state index contributed by atoms with van der Waals surface area (Å²) in [7, 11) is 0. The summed E-state index contributed by atoms with van der Waals surface area (Å²) in [6.07, 6.45) is 4.50. The lowest BCUT2D eigenvalue weighted by Crippen LogP contribution is -2.18. The number of aryl methyl sites for hydroxylation is 1. The zero-order valence-corrected chi connectivity index (χ0v) is 15.5. The van der Waals surface area contributed by atoms with Gasteiger partial charge in [0.2, 0.25) is 0 Å². The van der Waals surface area contributed by atoms with E-state index < -0.39 is 11.9 Å². The third kappa shape index (κ3) is 4.87. The molecular weight excluding hydrogens is 393 g/mol. The van der Waals surface area contributed by atoms with Gasteiger partial charge in [0.15, 0.2) is 0 Å². The second kappa shape index (κ2) is 8.24. The predicted molar refractivity (Wildman–Crippen MR) is 100 cm³/mol. The SMILES string of the molecule is O=C(O)CCn1nccc1C(=O)Nc1cnn(Cc2ccc(Cl)cc2Cl)c1. The van der Waals surface area contributed by atoms with Crippen molar-refractivity contribution < 1.29 is 14.7 Å². The van der Waals surface area contributed by atoms with Gasteiger partial charge in [-0.2, -0.15) is 10.2 Å². The fourth-order valence-electron chi connectivity index (χ4n) is 2.44. The van der Waals surface area contributed by atoms with Crippen LogP contribution < -0.4 is 5.32 Å². The van der Waals surface area contributed by atoms with Crippen LogP contribution in [0.25, 0.3) is 0 Å². The Labute approximate surface area is 164 Å². The summed E-state index contributed by atoms with van der Waals surface area (Å²) in [4.78, 5) is 23.1. The van der Waals surface area contributed by atoms with Gasteiger partial charge >= 0.3 is 5.97 Å². The zero-order valence-electron chi connectivity index (χ0n) is 14.0. The maximum atomic E-state index is 12.4. The van der Waals surface area contributed by atoms with Crippen LogP contribution in [0.1, 0.15) is 22.5 Å². The summed E-state index contributed by atoms with van der Waals surface area (Å²) in [6, 6.07) is 6.73. The molecule has 140 valence electrons. The molecule has 2 aromatic heterocycles. The zero-order chi connectivity index (χ0) is 19.4. The van der Waals surface area contributed by atoms with Gasteiger partial charge in [-0.15, -0.1) is 0 Å². The van der Waals surface area contributed by atoms with Crippen LogP contribution in [0, 0.1) is 0 Å². The number of hydrogen-bond acceptors (Lipinski definition) is 4. The predicted octanol–water partition coefficient (Wildman–Crippen LogP) is 3.16. The van der Waals surface area contributed by atoms with E-state index in [0.717, 1.165) is 5.56 Å². The van der Waals surface area contributed by atoms with Crippen molar-refractivity contribution in [3.63, 3.8) is 0 Å². The fraction of sp³-hybridized carbons (Fsp3) is 0.176. The van der Waals surface area contributed by atoms with Crippen molar-refractivity contribution in [2.45, 2.75) is 19.5 Å². The van der Waals surface area contributed by atoms with Crippen LogP contribution in [0.4, 0.5) is 5.69 Å². The maximum absolute atomic E-state index is 12.4. The number of nitrogens with one attached hydrogen (secondary N) is 1. The maximum Gasteiger partial charge on any atom is 0.305 e. The van der Waals surface area contributed by atoms with Crippen molar-refractivity contribution in [3.05, 3.63) is 64.2 Å². The van der Waals surface area contributed by atoms with Crippen LogP contribution in [-0.2, 0) is 17.9 Å². The molecule has 2 N–H and O–H groups in total. The number of aliphatic carboxylic acids is 1. The first-order chi connectivity index (χ1) is 12.9. The number of halogens is 2. The van der Waals surface area contributed by atoms with E-state index in [4.69, 9.17) is 28.3 Å². The van der Waals surface area contributed by atoms with Crippen LogP contribution >= 0.6 is 23.2 Å². The Hall–Kier alpha value is -2.84. The van der Waals surface area contributed by atoms with E-state index >= 15 is 0 Å². The van der Waals surface area contributed by atoms with E-state index in [-0.39, 0.29) is 18.7 Å². The van der Waals surface area contributed by atoms with Gasteiger partial charge in [0, 0.05) is 22.4 Å². The molecule has 1 amide bonds. The first kappa shape index (κ1) is 18.9. The highest BCUT2D eigenvalue weighted by atomic mass is 35.5. The minimum Gasteiger partial charge on any atom is -0.481 e. The number of aromatic nitrogens is 4. The minimum absolute atomic E-state index is 0.111. The van der Waals surface area contributed by atoms with Crippen LogP contribution in [0.15, 0.2) is 42.9 Å². The van der Waals surface area contributed by atoms with Crippen LogP contribution in [0.3, 0.4) is 0 Å². The summed E-state index contributed by atoms with van der Waals surface area (Å²) in [5, 5.41) is 20.7. The van der Waals surface area contributed by atoms with E-state index in [1.807, 2.05) is 6.07 Å². The molecule has 8 nitrogen and oxygen atoms in total. The monoisotopic (exact) mass is 407 g/mol. The van der Waals surface area contributed by atoms with Crippen molar-refractivity contribution in [2.24, 2.45) is 0 Å². The standard InChI is InChI=1S/C17H15Cl2N5O3/c18-12-2-1-11(14(19)7-12)9-23-10-13(8-21-23)22-17(27)15-3-5-20-24(15)6-4-16(25)26/h1-3,5,7-8,10H,4,6,9H2,(H,22,27)(H,25,26). The lowest BCUT2D eigenvalue weighted by atomic mass is 10.2. The number of carboxylic acid groups (broad SMARTS) is 1. The molecule has 3 aromatic rings. The number of hydrogen-bond donors (Lipinski definition) is 2. The Balaban J connectivity index is 1.66. The van der Waals surface area contributed by atoms with Crippen molar-refractivity contribution in [2.75, 3.05) is 5.32 Å². The smallest absolute Gasteiger partial charge is 0.305 e. The van der Waals surface area contributed by atoms with Crippen molar-refractivity contribution >= 4 is 40.8 Å². The lowest BCUT2D eigenvalue weighted by molar-refractivity contribution is -0.137. The third-order valence-electron chi connectivity index (χ3n) is 3.73. The number of nitrogens with zero attached hydrogens (tertiary/aromatic N) is 4. The second-order valence-corrected chi connectivity index (χ2v) is 6.54. The van der Waals surface area contributed by atoms with Gasteiger partial charge in [-0.3, -0.25) is 19.0 Å². The Kier molecular flexibility index (Phi) is 5.78. The molecule has 0 saturated heterocycles. The minimum atomic E-state index is -0.959. The largest absolute Gasteiger partial charge is 0.481 e. The third-order valence-corrected chi connectivity index (χ3v) is 4.31. The molecule has 0 fully saturated rings. The van der Waals surface area contributed by atoms with Crippen molar-refractivity contribution in [1.29, 1.82) is 0 Å². The topological polar surface area (TPSA) is 102 Å². The first-order valence-electron chi connectivity index (χ1n) is 7.93. The van der Waals surface area contributed by atoms with Gasteiger partial charge in [0.05, 0.1) is 31.4 Å². The Bertz CT molecular complexity index is 983. The summed E-state index contributed by atoms with van der Waals surface area (Å²) in [5.74, 6) is -1.36. The van der Waals surface area contributed by atoms with E-state index in [2.05, 4.69) is 15.5 Å².